The fourth-order valence-electron chi connectivity index (χ4n) is 2.19. The first-order valence-electron chi connectivity index (χ1n) is 7.81. The number of aliphatic hydroxyl groups is 1. The van der Waals surface area contributed by atoms with Crippen LogP contribution in [0.25, 0.3) is 0 Å². The van der Waals surface area contributed by atoms with Crippen molar-refractivity contribution in [3.8, 4) is 0 Å². The van der Waals surface area contributed by atoms with Crippen LogP contribution in [0.5, 0.6) is 0 Å². The van der Waals surface area contributed by atoms with Gasteiger partial charge in [-0.15, -0.1) is 0 Å². The molecule has 0 spiro atoms. The van der Waals surface area contributed by atoms with Gasteiger partial charge < -0.3 is 5.11 Å². The Morgan fingerprint density at radius 3 is 2.27 bits per heavy atom. The topological polar surface area (TPSA) is 57.6 Å². The lowest BCUT2D eigenvalue weighted by atomic mass is 10.1. The third kappa shape index (κ3) is 5.23. The summed E-state index contributed by atoms with van der Waals surface area (Å²) in [7, 11) is -3.52. The van der Waals surface area contributed by atoms with Crippen molar-refractivity contribution in [3.63, 3.8) is 0 Å². The Kier molecular flexibility index (Phi) is 7.79. The summed E-state index contributed by atoms with van der Waals surface area (Å²) in [6.45, 7) is 6.73. The fourth-order valence-corrected chi connectivity index (χ4v) is 3.60. The predicted molar refractivity (Wildman–Crippen MR) is 90.3 cm³/mol. The quantitative estimate of drug-likeness (QED) is 0.710. The van der Waals surface area contributed by atoms with Crippen LogP contribution in [-0.4, -0.2) is 37.5 Å². The van der Waals surface area contributed by atoms with Crippen LogP contribution in [0.3, 0.4) is 0 Å². The van der Waals surface area contributed by atoms with E-state index in [4.69, 9.17) is 5.11 Å². The maximum Gasteiger partial charge on any atom is 0.243 e. The van der Waals surface area contributed by atoms with Crippen LogP contribution in [0.4, 0.5) is 0 Å². The highest BCUT2D eigenvalue weighted by atomic mass is 32.2. The highest BCUT2D eigenvalue weighted by Gasteiger charge is 2.23. The van der Waals surface area contributed by atoms with Crippen molar-refractivity contribution in [1.29, 1.82) is 0 Å². The van der Waals surface area contributed by atoms with E-state index in [1.54, 1.807) is 24.3 Å². The van der Waals surface area contributed by atoms with Gasteiger partial charge in [0.05, 0.1) is 4.90 Å². The Bertz CT molecular complexity index is 570. The summed E-state index contributed by atoms with van der Waals surface area (Å²) >= 11 is 0. The number of rotatable bonds is 9. The zero-order valence-corrected chi connectivity index (χ0v) is 14.6. The van der Waals surface area contributed by atoms with Crippen LogP contribution in [0.15, 0.2) is 40.8 Å². The Labute approximate surface area is 134 Å². The first kappa shape index (κ1) is 18.9. The van der Waals surface area contributed by atoms with Gasteiger partial charge >= 0.3 is 0 Å². The van der Waals surface area contributed by atoms with Gasteiger partial charge in [0.2, 0.25) is 10.0 Å². The van der Waals surface area contributed by atoms with Crippen LogP contribution in [0.1, 0.15) is 38.7 Å². The fraction of sp³-hybridized carbons (Fsp3) is 0.529. The lowest BCUT2D eigenvalue weighted by molar-refractivity contribution is 0.272. The summed E-state index contributed by atoms with van der Waals surface area (Å²) in [6, 6.07) is 6.88. The van der Waals surface area contributed by atoms with E-state index in [1.807, 2.05) is 13.0 Å². The molecule has 0 aliphatic heterocycles. The molecule has 4 nitrogen and oxygen atoms in total. The van der Waals surface area contributed by atoms with Gasteiger partial charge in [-0.1, -0.05) is 43.2 Å². The molecule has 0 atom stereocenters. The van der Waals surface area contributed by atoms with E-state index in [0.717, 1.165) is 18.4 Å². The maximum atomic E-state index is 12.8. The molecule has 0 fully saturated rings. The van der Waals surface area contributed by atoms with Crippen molar-refractivity contribution >= 4 is 10.0 Å². The predicted octanol–water partition coefficient (Wildman–Crippen LogP) is 3.11. The Morgan fingerprint density at radius 1 is 1.18 bits per heavy atom. The van der Waals surface area contributed by atoms with Crippen molar-refractivity contribution in [2.75, 3.05) is 19.7 Å². The second-order valence-electron chi connectivity index (χ2n) is 5.32. The molecular weight excluding hydrogens is 298 g/mol. The number of hydrogen-bond acceptors (Lipinski definition) is 3. The molecule has 1 rings (SSSR count). The van der Waals surface area contributed by atoms with Crippen LogP contribution in [-0.2, 0) is 10.0 Å². The zero-order valence-electron chi connectivity index (χ0n) is 13.7. The van der Waals surface area contributed by atoms with Gasteiger partial charge in [-0.2, -0.15) is 4.31 Å². The molecule has 22 heavy (non-hydrogen) atoms. The highest BCUT2D eigenvalue weighted by Crippen LogP contribution is 2.17. The average Bonchev–Trinajstić information content (AvgIpc) is 2.51. The normalized spacial score (nSPS) is 11.7. The van der Waals surface area contributed by atoms with Crippen molar-refractivity contribution in [3.05, 3.63) is 41.5 Å². The molecule has 0 aliphatic rings. The molecule has 0 aliphatic carbocycles. The molecule has 5 heteroatoms. The van der Waals surface area contributed by atoms with Gasteiger partial charge in [-0.3, -0.25) is 0 Å². The second-order valence-corrected chi connectivity index (χ2v) is 7.26. The van der Waals surface area contributed by atoms with Crippen molar-refractivity contribution < 1.29 is 13.5 Å². The minimum atomic E-state index is -3.52. The molecule has 1 N–H and O–H groups in total. The number of allylic oxidation sites excluding steroid dienone is 1. The van der Waals surface area contributed by atoms with Crippen LogP contribution >= 0.6 is 0 Å². The van der Waals surface area contributed by atoms with E-state index in [9.17, 15) is 8.42 Å². The molecule has 0 radical (unpaired) electrons. The van der Waals surface area contributed by atoms with Gasteiger partial charge in [-0.05, 0) is 38.3 Å². The zero-order chi connectivity index (χ0) is 16.6. The number of benzene rings is 1. The highest BCUT2D eigenvalue weighted by molar-refractivity contribution is 7.89. The van der Waals surface area contributed by atoms with E-state index < -0.39 is 10.0 Å². The lowest BCUT2D eigenvalue weighted by Crippen LogP contribution is -2.33. The van der Waals surface area contributed by atoms with E-state index in [1.165, 1.54) is 9.88 Å². The number of hydrogen-bond donors (Lipinski definition) is 1. The maximum absolute atomic E-state index is 12.8. The van der Waals surface area contributed by atoms with E-state index in [2.05, 4.69) is 13.8 Å². The van der Waals surface area contributed by atoms with E-state index in [-0.39, 0.29) is 6.61 Å². The summed E-state index contributed by atoms with van der Waals surface area (Å²) in [5.41, 5.74) is 2.27. The smallest absolute Gasteiger partial charge is 0.243 e. The first-order valence-corrected chi connectivity index (χ1v) is 9.25. The molecule has 0 heterocycles. The average molecular weight is 325 g/mol. The van der Waals surface area contributed by atoms with Crippen LogP contribution < -0.4 is 0 Å². The number of aryl methyl sites for hydroxylation is 1. The van der Waals surface area contributed by atoms with Gasteiger partial charge in [0.1, 0.15) is 0 Å². The van der Waals surface area contributed by atoms with E-state index in [0.29, 0.717) is 24.4 Å². The molecule has 0 aromatic heterocycles. The summed E-state index contributed by atoms with van der Waals surface area (Å²) in [5, 5.41) is 9.02. The summed E-state index contributed by atoms with van der Waals surface area (Å²) < 4.78 is 27.0. The Hall–Kier alpha value is -1.17. The molecule has 0 saturated carbocycles. The number of sulfonamides is 1. The minimum Gasteiger partial charge on any atom is -0.396 e. The first-order chi connectivity index (χ1) is 10.5. The van der Waals surface area contributed by atoms with Gasteiger partial charge in [0, 0.05) is 19.7 Å². The molecule has 124 valence electrons. The van der Waals surface area contributed by atoms with E-state index >= 15 is 0 Å². The molecular formula is C17H27NO3S. The SMILES string of the molecule is CCC(=CCN(CCCO)S(=O)(=O)c1ccc(C)cc1)CC. The molecule has 0 unspecified atom stereocenters. The van der Waals surface area contributed by atoms with Crippen LogP contribution in [0.2, 0.25) is 0 Å². The Balaban J connectivity index is 3.03. The third-order valence-corrected chi connectivity index (χ3v) is 5.60. The van der Waals surface area contributed by atoms with Crippen molar-refractivity contribution in [2.45, 2.75) is 44.9 Å². The molecule has 0 saturated heterocycles. The van der Waals surface area contributed by atoms with Crippen molar-refractivity contribution in [1.82, 2.24) is 4.31 Å². The molecule has 1 aromatic rings. The van der Waals surface area contributed by atoms with Gasteiger partial charge in [0.15, 0.2) is 0 Å². The van der Waals surface area contributed by atoms with Gasteiger partial charge in [0.25, 0.3) is 0 Å². The summed E-state index contributed by atoms with van der Waals surface area (Å²) in [6.07, 6.45) is 4.28. The summed E-state index contributed by atoms with van der Waals surface area (Å²) in [4.78, 5) is 0.305. The monoisotopic (exact) mass is 325 g/mol. The molecule has 0 amide bonds. The Morgan fingerprint density at radius 2 is 1.77 bits per heavy atom. The minimum absolute atomic E-state index is 0.0158. The standard InChI is InChI=1S/C17H27NO3S/c1-4-16(5-2)11-13-18(12-6-14-19)22(20,21)17-9-7-15(3)8-10-17/h7-11,19H,4-6,12-14H2,1-3H3. The van der Waals surface area contributed by atoms with Gasteiger partial charge in [-0.25, -0.2) is 8.42 Å². The largest absolute Gasteiger partial charge is 0.396 e. The number of aliphatic hydroxyl groups excluding tert-OH is 1. The lowest BCUT2D eigenvalue weighted by Gasteiger charge is -2.21. The van der Waals surface area contributed by atoms with Crippen LogP contribution in [0, 0.1) is 6.92 Å². The third-order valence-electron chi connectivity index (χ3n) is 3.72. The summed E-state index contributed by atoms with van der Waals surface area (Å²) in [5.74, 6) is 0. The second kappa shape index (κ2) is 9.08. The number of nitrogens with zero attached hydrogens (tertiary/aromatic N) is 1. The molecule has 1 aromatic carbocycles. The molecule has 0 bridgehead atoms. The van der Waals surface area contributed by atoms with Crippen molar-refractivity contribution in [2.24, 2.45) is 0 Å².